The van der Waals surface area contributed by atoms with Crippen molar-refractivity contribution >= 4 is 41.8 Å². The summed E-state index contributed by atoms with van der Waals surface area (Å²) in [4.78, 5) is 35.2. The van der Waals surface area contributed by atoms with E-state index in [4.69, 9.17) is 5.73 Å². The predicted molar refractivity (Wildman–Crippen MR) is 108 cm³/mol. The predicted octanol–water partition coefficient (Wildman–Crippen LogP) is 3.08. The van der Waals surface area contributed by atoms with Crippen LogP contribution in [0.5, 0.6) is 0 Å². The van der Waals surface area contributed by atoms with Gasteiger partial charge in [-0.2, -0.15) is 18.2 Å². The number of nitrogen functional groups attached to an aromatic ring is 1. The minimum atomic E-state index is -4.53. The maximum Gasteiger partial charge on any atom is 0.416 e. The Morgan fingerprint density at radius 1 is 1.33 bits per heavy atom. The molecule has 1 aromatic carbocycles. The molecule has 1 saturated heterocycles. The monoisotopic (exact) mass is 444 g/mol. The second-order valence-electron chi connectivity index (χ2n) is 7.28. The SMILES string of the molecule is CN(C(=O)c1cnc(N2CC(C)(C)NC2=O)nc1N)c1cccc(C(F)(F)F)c1.Cl. The molecule has 162 valence electrons. The van der Waals surface area contributed by atoms with Crippen molar-refractivity contribution in [3.05, 3.63) is 41.6 Å². The van der Waals surface area contributed by atoms with Gasteiger partial charge in [0.2, 0.25) is 5.95 Å². The zero-order valence-corrected chi connectivity index (χ0v) is 17.1. The largest absolute Gasteiger partial charge is 0.416 e. The molecule has 0 saturated carbocycles. The van der Waals surface area contributed by atoms with E-state index in [0.29, 0.717) is 6.54 Å². The van der Waals surface area contributed by atoms with Gasteiger partial charge in [-0.15, -0.1) is 12.4 Å². The molecule has 2 heterocycles. The number of hydrogen-bond donors (Lipinski definition) is 2. The molecule has 0 spiro atoms. The van der Waals surface area contributed by atoms with Gasteiger partial charge in [0.25, 0.3) is 5.91 Å². The van der Waals surface area contributed by atoms with Crippen molar-refractivity contribution in [1.29, 1.82) is 0 Å². The van der Waals surface area contributed by atoms with Crippen LogP contribution in [0, 0.1) is 0 Å². The fourth-order valence-corrected chi connectivity index (χ4v) is 2.89. The van der Waals surface area contributed by atoms with Gasteiger partial charge in [-0.25, -0.2) is 9.78 Å². The van der Waals surface area contributed by atoms with Gasteiger partial charge in [0.15, 0.2) is 0 Å². The van der Waals surface area contributed by atoms with Gasteiger partial charge < -0.3 is 16.0 Å². The van der Waals surface area contributed by atoms with Gasteiger partial charge in [-0.05, 0) is 32.0 Å². The summed E-state index contributed by atoms with van der Waals surface area (Å²) in [7, 11) is 1.32. The number of amides is 3. The number of nitrogens with one attached hydrogen (secondary N) is 1. The number of nitrogens with two attached hydrogens (primary N) is 1. The molecule has 8 nitrogen and oxygen atoms in total. The summed E-state index contributed by atoms with van der Waals surface area (Å²) in [6.07, 6.45) is -3.38. The molecule has 1 aromatic heterocycles. The van der Waals surface area contributed by atoms with Crippen molar-refractivity contribution in [2.24, 2.45) is 0 Å². The summed E-state index contributed by atoms with van der Waals surface area (Å²) in [5, 5.41) is 2.75. The highest BCUT2D eigenvalue weighted by atomic mass is 35.5. The minimum Gasteiger partial charge on any atom is -0.383 e. The molecule has 12 heteroatoms. The maximum absolute atomic E-state index is 12.9. The first kappa shape index (κ1) is 23.2. The Morgan fingerprint density at radius 2 is 2.00 bits per heavy atom. The number of rotatable bonds is 3. The number of carbonyl (C=O) groups excluding carboxylic acids is 2. The average Bonchev–Trinajstić information content (AvgIpc) is 2.92. The van der Waals surface area contributed by atoms with Crippen LogP contribution >= 0.6 is 12.4 Å². The second kappa shape index (κ2) is 7.98. The second-order valence-corrected chi connectivity index (χ2v) is 7.28. The molecule has 1 fully saturated rings. The van der Waals surface area contributed by atoms with Crippen LogP contribution in [0.2, 0.25) is 0 Å². The number of hydrogen-bond acceptors (Lipinski definition) is 5. The van der Waals surface area contributed by atoms with Gasteiger partial charge in [-0.3, -0.25) is 9.69 Å². The van der Waals surface area contributed by atoms with E-state index in [2.05, 4.69) is 15.3 Å². The molecular formula is C18H20ClF3N6O2. The lowest BCUT2D eigenvalue weighted by molar-refractivity contribution is -0.137. The highest BCUT2D eigenvalue weighted by Gasteiger charge is 2.37. The number of aromatic nitrogens is 2. The van der Waals surface area contributed by atoms with E-state index in [-0.39, 0.29) is 35.4 Å². The molecule has 1 aliphatic heterocycles. The smallest absolute Gasteiger partial charge is 0.383 e. The van der Waals surface area contributed by atoms with Crippen molar-refractivity contribution in [1.82, 2.24) is 15.3 Å². The summed E-state index contributed by atoms with van der Waals surface area (Å²) in [5.74, 6) is -0.834. The summed E-state index contributed by atoms with van der Waals surface area (Å²) in [6.45, 7) is 3.97. The van der Waals surface area contributed by atoms with Crippen LogP contribution in [-0.2, 0) is 6.18 Å². The maximum atomic E-state index is 12.9. The van der Waals surface area contributed by atoms with E-state index in [1.807, 2.05) is 13.8 Å². The van der Waals surface area contributed by atoms with E-state index in [1.165, 1.54) is 24.1 Å². The summed E-state index contributed by atoms with van der Waals surface area (Å²) in [5.41, 5.74) is 4.47. The highest BCUT2D eigenvalue weighted by Crippen LogP contribution is 2.32. The first-order valence-electron chi connectivity index (χ1n) is 8.56. The van der Waals surface area contributed by atoms with Gasteiger partial charge in [0.05, 0.1) is 17.6 Å². The van der Waals surface area contributed by atoms with Crippen molar-refractivity contribution in [3.8, 4) is 0 Å². The van der Waals surface area contributed by atoms with E-state index in [9.17, 15) is 22.8 Å². The number of nitrogens with zero attached hydrogens (tertiary/aromatic N) is 4. The van der Waals surface area contributed by atoms with Crippen LogP contribution in [-0.4, -0.2) is 41.0 Å². The zero-order valence-electron chi connectivity index (χ0n) is 16.3. The molecule has 3 N–H and O–H groups in total. The van der Waals surface area contributed by atoms with Gasteiger partial charge >= 0.3 is 12.2 Å². The summed E-state index contributed by atoms with van der Waals surface area (Å²) in [6, 6.07) is 3.96. The van der Waals surface area contributed by atoms with Crippen molar-refractivity contribution in [3.63, 3.8) is 0 Å². The fraction of sp³-hybridized carbons (Fsp3) is 0.333. The summed E-state index contributed by atoms with van der Waals surface area (Å²) < 4.78 is 38.8. The van der Waals surface area contributed by atoms with Crippen molar-refractivity contribution < 1.29 is 22.8 Å². The number of alkyl halides is 3. The summed E-state index contributed by atoms with van der Waals surface area (Å²) >= 11 is 0. The Bertz CT molecular complexity index is 983. The third kappa shape index (κ3) is 4.56. The Balaban J connectivity index is 0.00000320. The average molecular weight is 445 g/mol. The first-order valence-corrected chi connectivity index (χ1v) is 8.56. The van der Waals surface area contributed by atoms with Crippen LogP contribution in [0.25, 0.3) is 0 Å². The molecule has 0 atom stereocenters. The van der Waals surface area contributed by atoms with E-state index >= 15 is 0 Å². The molecule has 0 unspecified atom stereocenters. The lowest BCUT2D eigenvalue weighted by Crippen LogP contribution is -2.36. The Morgan fingerprint density at radius 3 is 2.53 bits per heavy atom. The molecule has 0 aliphatic carbocycles. The van der Waals surface area contributed by atoms with Gasteiger partial charge in [-0.1, -0.05) is 6.07 Å². The lowest BCUT2D eigenvalue weighted by Gasteiger charge is -2.20. The molecule has 0 bridgehead atoms. The Labute approximate surface area is 176 Å². The standard InChI is InChI=1S/C18H19F3N6O2.ClH/c1-17(2)9-27(16(29)25-17)15-23-8-12(13(22)24-15)14(28)26(3)11-6-4-5-10(7-11)18(19,20)21;/h4-8H,9H2,1-3H3,(H,25,29)(H2,22,23,24);1H. The minimum absolute atomic E-state index is 0. The lowest BCUT2D eigenvalue weighted by atomic mass is 10.1. The third-order valence-electron chi connectivity index (χ3n) is 4.39. The molecule has 3 amide bonds. The van der Waals surface area contributed by atoms with E-state index < -0.39 is 29.2 Å². The van der Waals surface area contributed by atoms with Crippen LogP contribution in [0.15, 0.2) is 30.5 Å². The van der Waals surface area contributed by atoms with E-state index in [1.54, 1.807) is 0 Å². The normalized spacial score (nSPS) is 15.4. The number of anilines is 3. The van der Waals surface area contributed by atoms with Crippen LogP contribution in [0.4, 0.5) is 35.4 Å². The van der Waals surface area contributed by atoms with Crippen molar-refractivity contribution in [2.75, 3.05) is 29.1 Å². The Hall–Kier alpha value is -3.08. The van der Waals surface area contributed by atoms with Gasteiger partial charge in [0, 0.05) is 18.9 Å². The number of halogens is 4. The first-order chi connectivity index (χ1) is 13.4. The zero-order chi connectivity index (χ0) is 21.6. The van der Waals surface area contributed by atoms with Gasteiger partial charge in [0.1, 0.15) is 11.4 Å². The van der Waals surface area contributed by atoms with Crippen molar-refractivity contribution in [2.45, 2.75) is 25.6 Å². The topological polar surface area (TPSA) is 104 Å². The molecule has 0 radical (unpaired) electrons. The van der Waals surface area contributed by atoms with Crippen LogP contribution in [0.1, 0.15) is 29.8 Å². The van der Waals surface area contributed by atoms with Crippen LogP contribution < -0.4 is 20.9 Å². The number of carbonyl (C=O) groups is 2. The molecule has 1 aliphatic rings. The third-order valence-corrected chi connectivity index (χ3v) is 4.39. The number of urea groups is 1. The molecule has 3 rings (SSSR count). The van der Waals surface area contributed by atoms with E-state index in [0.717, 1.165) is 23.2 Å². The number of benzene rings is 1. The van der Waals surface area contributed by atoms with Crippen LogP contribution in [0.3, 0.4) is 0 Å². The fourth-order valence-electron chi connectivity index (χ4n) is 2.89. The molecule has 2 aromatic rings. The molecular weight excluding hydrogens is 425 g/mol. The Kier molecular flexibility index (Phi) is 6.17. The molecule has 30 heavy (non-hydrogen) atoms. The quantitative estimate of drug-likeness (QED) is 0.757. The highest BCUT2D eigenvalue weighted by molar-refractivity contribution is 6.08.